The average Bonchev–Trinajstić information content (AvgIpc) is 2.94. The number of aromatic nitrogens is 2. The molecule has 1 heterocycles. The van der Waals surface area contributed by atoms with Crippen molar-refractivity contribution in [3.63, 3.8) is 0 Å². The van der Waals surface area contributed by atoms with Gasteiger partial charge in [-0.3, -0.25) is 0 Å². The molecule has 2 aromatic rings. The van der Waals surface area contributed by atoms with E-state index in [1.807, 2.05) is 4.57 Å². The first-order valence-corrected chi connectivity index (χ1v) is 7.57. The van der Waals surface area contributed by atoms with Crippen LogP contribution in [0.1, 0.15) is 38.1 Å². The molecule has 0 radical (unpaired) electrons. The van der Waals surface area contributed by atoms with E-state index in [0.29, 0.717) is 23.7 Å². The van der Waals surface area contributed by atoms with Crippen molar-refractivity contribution in [2.45, 2.75) is 38.6 Å². The van der Waals surface area contributed by atoms with Crippen molar-refractivity contribution in [3.8, 4) is 0 Å². The summed E-state index contributed by atoms with van der Waals surface area (Å²) in [5.74, 6) is 0.527. The van der Waals surface area contributed by atoms with Gasteiger partial charge < -0.3 is 4.57 Å². The zero-order valence-electron chi connectivity index (χ0n) is 11.4. The molecule has 20 heavy (non-hydrogen) atoms. The molecule has 0 aliphatic heterocycles. The van der Waals surface area contributed by atoms with E-state index in [2.05, 4.69) is 11.9 Å². The minimum atomic E-state index is -0.597. The zero-order chi connectivity index (χ0) is 14.3. The van der Waals surface area contributed by atoms with Gasteiger partial charge in [0.05, 0.1) is 5.52 Å². The maximum atomic E-state index is 13.9. The van der Waals surface area contributed by atoms with Crippen LogP contribution in [-0.2, 0) is 6.42 Å². The summed E-state index contributed by atoms with van der Waals surface area (Å²) in [6.07, 6.45) is 3.88. The Morgan fingerprint density at radius 1 is 1.35 bits per heavy atom. The molecular formula is C15H17ClF2N2. The standard InChI is InChI=1S/C15H17ClF2N2/c1-9-3-2-4-12(9)20-13-8-10(17)7-11(18)15(13)19-14(20)5-6-16/h7-9,12H,2-6H2,1H3. The zero-order valence-corrected chi connectivity index (χ0v) is 12.1. The number of nitrogens with zero attached hydrogens (tertiary/aromatic N) is 2. The number of hydrogen-bond acceptors (Lipinski definition) is 1. The van der Waals surface area contributed by atoms with Gasteiger partial charge in [-0.05, 0) is 24.8 Å². The quantitative estimate of drug-likeness (QED) is 0.765. The molecule has 0 amide bonds. The normalized spacial score (nSPS) is 22.8. The first-order chi connectivity index (χ1) is 9.61. The van der Waals surface area contributed by atoms with E-state index in [1.54, 1.807) is 0 Å². The molecule has 3 rings (SSSR count). The molecular weight excluding hydrogens is 282 g/mol. The van der Waals surface area contributed by atoms with Gasteiger partial charge in [-0.25, -0.2) is 13.8 Å². The van der Waals surface area contributed by atoms with Gasteiger partial charge in [-0.15, -0.1) is 11.6 Å². The third kappa shape index (κ3) is 2.20. The number of alkyl halides is 1. The number of imidazole rings is 1. The van der Waals surface area contributed by atoms with Crippen LogP contribution in [0, 0.1) is 17.6 Å². The van der Waals surface area contributed by atoms with Gasteiger partial charge in [0.1, 0.15) is 17.2 Å². The topological polar surface area (TPSA) is 17.8 Å². The Hall–Kier alpha value is -1.16. The van der Waals surface area contributed by atoms with E-state index in [9.17, 15) is 8.78 Å². The minimum Gasteiger partial charge on any atom is -0.324 e. The summed E-state index contributed by atoms with van der Waals surface area (Å²) in [5, 5.41) is 0. The maximum absolute atomic E-state index is 13.9. The van der Waals surface area contributed by atoms with E-state index < -0.39 is 11.6 Å². The highest BCUT2D eigenvalue weighted by atomic mass is 35.5. The maximum Gasteiger partial charge on any atom is 0.153 e. The summed E-state index contributed by atoms with van der Waals surface area (Å²) in [4.78, 5) is 4.36. The van der Waals surface area contributed by atoms with E-state index >= 15 is 0 Å². The van der Waals surface area contributed by atoms with Crippen molar-refractivity contribution in [3.05, 3.63) is 29.6 Å². The molecule has 2 atom stereocenters. The third-order valence-electron chi connectivity index (χ3n) is 4.25. The van der Waals surface area contributed by atoms with Crippen LogP contribution in [0.15, 0.2) is 12.1 Å². The van der Waals surface area contributed by atoms with Gasteiger partial charge in [-0.1, -0.05) is 13.3 Å². The Balaban J connectivity index is 2.23. The van der Waals surface area contributed by atoms with Crippen LogP contribution in [0.4, 0.5) is 8.78 Å². The fraction of sp³-hybridized carbons (Fsp3) is 0.533. The first-order valence-electron chi connectivity index (χ1n) is 7.03. The molecule has 1 aromatic heterocycles. The Morgan fingerprint density at radius 2 is 2.15 bits per heavy atom. The van der Waals surface area contributed by atoms with Crippen LogP contribution in [0.5, 0.6) is 0 Å². The lowest BCUT2D eigenvalue weighted by molar-refractivity contribution is 0.406. The van der Waals surface area contributed by atoms with Gasteiger partial charge >= 0.3 is 0 Å². The summed E-state index contributed by atoms with van der Waals surface area (Å²) in [6, 6.07) is 2.54. The number of aryl methyl sites for hydroxylation is 1. The molecule has 2 unspecified atom stereocenters. The molecule has 0 N–H and O–H groups in total. The predicted molar refractivity (Wildman–Crippen MR) is 76.1 cm³/mol. The number of halogens is 3. The molecule has 108 valence electrons. The van der Waals surface area contributed by atoms with Crippen LogP contribution in [0.3, 0.4) is 0 Å². The summed E-state index contributed by atoms with van der Waals surface area (Å²) in [7, 11) is 0. The Bertz CT molecular complexity index is 638. The lowest BCUT2D eigenvalue weighted by Gasteiger charge is -2.21. The molecule has 1 aromatic carbocycles. The first kappa shape index (κ1) is 13.8. The van der Waals surface area contributed by atoms with Gasteiger partial charge in [0.15, 0.2) is 5.82 Å². The van der Waals surface area contributed by atoms with E-state index in [0.717, 1.165) is 31.2 Å². The molecule has 2 nitrogen and oxygen atoms in total. The Kier molecular flexibility index (Phi) is 3.67. The summed E-state index contributed by atoms with van der Waals surface area (Å²) in [6.45, 7) is 2.18. The second kappa shape index (κ2) is 5.32. The van der Waals surface area contributed by atoms with E-state index in [1.165, 1.54) is 6.07 Å². The number of fused-ring (bicyclic) bond motifs is 1. The van der Waals surface area contributed by atoms with Crippen LogP contribution in [0.2, 0.25) is 0 Å². The van der Waals surface area contributed by atoms with Crippen LogP contribution < -0.4 is 0 Å². The molecule has 1 aliphatic rings. The van der Waals surface area contributed by atoms with Crippen LogP contribution >= 0.6 is 11.6 Å². The van der Waals surface area contributed by atoms with Crippen molar-refractivity contribution < 1.29 is 8.78 Å². The van der Waals surface area contributed by atoms with Crippen LogP contribution in [0.25, 0.3) is 11.0 Å². The molecule has 0 saturated heterocycles. The SMILES string of the molecule is CC1CCCC1n1c(CCCl)nc2c(F)cc(F)cc21. The van der Waals surface area contributed by atoms with Gasteiger partial charge in [0, 0.05) is 24.4 Å². The highest BCUT2D eigenvalue weighted by Gasteiger charge is 2.29. The molecule has 1 saturated carbocycles. The lowest BCUT2D eigenvalue weighted by atomic mass is 10.1. The smallest absolute Gasteiger partial charge is 0.153 e. The third-order valence-corrected chi connectivity index (χ3v) is 4.44. The molecule has 0 bridgehead atoms. The van der Waals surface area contributed by atoms with Crippen molar-refractivity contribution in [1.82, 2.24) is 9.55 Å². The van der Waals surface area contributed by atoms with E-state index in [4.69, 9.17) is 11.6 Å². The number of benzene rings is 1. The molecule has 0 spiro atoms. The number of hydrogen-bond donors (Lipinski definition) is 0. The monoisotopic (exact) mass is 298 g/mol. The molecule has 5 heteroatoms. The Labute approximate surface area is 121 Å². The molecule has 1 aliphatic carbocycles. The van der Waals surface area contributed by atoms with Crippen molar-refractivity contribution in [2.75, 3.05) is 5.88 Å². The van der Waals surface area contributed by atoms with E-state index in [-0.39, 0.29) is 11.6 Å². The fourth-order valence-electron chi connectivity index (χ4n) is 3.31. The highest BCUT2D eigenvalue weighted by Crippen LogP contribution is 2.38. The van der Waals surface area contributed by atoms with Crippen molar-refractivity contribution in [2.24, 2.45) is 5.92 Å². The van der Waals surface area contributed by atoms with Crippen LogP contribution in [-0.4, -0.2) is 15.4 Å². The largest absolute Gasteiger partial charge is 0.324 e. The van der Waals surface area contributed by atoms with Crippen molar-refractivity contribution in [1.29, 1.82) is 0 Å². The average molecular weight is 299 g/mol. The summed E-state index contributed by atoms with van der Waals surface area (Å²) >= 11 is 5.83. The highest BCUT2D eigenvalue weighted by molar-refractivity contribution is 6.17. The summed E-state index contributed by atoms with van der Waals surface area (Å²) in [5.41, 5.74) is 0.812. The van der Waals surface area contributed by atoms with Crippen molar-refractivity contribution >= 4 is 22.6 Å². The minimum absolute atomic E-state index is 0.255. The molecule has 1 fully saturated rings. The fourth-order valence-corrected chi connectivity index (χ4v) is 3.48. The number of rotatable bonds is 3. The Morgan fingerprint density at radius 3 is 2.80 bits per heavy atom. The lowest BCUT2D eigenvalue weighted by Crippen LogP contribution is -2.15. The summed E-state index contributed by atoms with van der Waals surface area (Å²) < 4.78 is 29.5. The second-order valence-corrected chi connectivity index (χ2v) is 5.95. The predicted octanol–water partition coefficient (Wildman–Crippen LogP) is 4.46. The van der Waals surface area contributed by atoms with Gasteiger partial charge in [0.2, 0.25) is 0 Å². The second-order valence-electron chi connectivity index (χ2n) is 5.57. The van der Waals surface area contributed by atoms with Gasteiger partial charge in [-0.2, -0.15) is 0 Å². The van der Waals surface area contributed by atoms with Gasteiger partial charge in [0.25, 0.3) is 0 Å².